The topological polar surface area (TPSA) is 52.3 Å². The van der Waals surface area contributed by atoms with Crippen LogP contribution in [0.25, 0.3) is 0 Å². The first kappa shape index (κ1) is 14.0. The van der Waals surface area contributed by atoms with Crippen molar-refractivity contribution >= 4 is 11.5 Å². The van der Waals surface area contributed by atoms with Crippen LogP contribution in [-0.2, 0) is 6.42 Å². The molecule has 2 aromatic rings. The van der Waals surface area contributed by atoms with Gasteiger partial charge in [-0.25, -0.2) is 8.78 Å². The largest absolute Gasteiger partial charge is 0.497 e. The maximum Gasteiger partial charge on any atom is 0.169 e. The highest BCUT2D eigenvalue weighted by Crippen LogP contribution is 2.22. The number of nitrogens with two attached hydrogens (primary N) is 1. The average molecular weight is 277 g/mol. The number of carbonyl (C=O) groups is 1. The first-order valence-electron chi connectivity index (χ1n) is 5.92. The zero-order chi connectivity index (χ0) is 14.7. The van der Waals surface area contributed by atoms with Gasteiger partial charge in [0.15, 0.2) is 5.78 Å². The summed E-state index contributed by atoms with van der Waals surface area (Å²) in [6.45, 7) is 0. The molecule has 0 saturated carbocycles. The quantitative estimate of drug-likeness (QED) is 0.690. The highest BCUT2D eigenvalue weighted by molar-refractivity contribution is 6.02. The molecule has 0 radical (unpaired) electrons. The molecule has 5 heteroatoms. The van der Waals surface area contributed by atoms with Crippen molar-refractivity contribution in [3.05, 3.63) is 59.2 Å². The highest BCUT2D eigenvalue weighted by Gasteiger charge is 2.14. The summed E-state index contributed by atoms with van der Waals surface area (Å²) in [5.41, 5.74) is 6.44. The van der Waals surface area contributed by atoms with Gasteiger partial charge in [0.25, 0.3) is 0 Å². The molecule has 3 nitrogen and oxygen atoms in total. The maximum atomic E-state index is 13.5. The van der Waals surface area contributed by atoms with Gasteiger partial charge < -0.3 is 10.5 Å². The average Bonchev–Trinajstić information content (AvgIpc) is 2.41. The van der Waals surface area contributed by atoms with Crippen molar-refractivity contribution in [2.24, 2.45) is 0 Å². The molecule has 0 aromatic heterocycles. The number of hydrogen-bond acceptors (Lipinski definition) is 3. The van der Waals surface area contributed by atoms with Gasteiger partial charge in [0.2, 0.25) is 0 Å². The monoisotopic (exact) mass is 277 g/mol. The van der Waals surface area contributed by atoms with Crippen molar-refractivity contribution in [3.63, 3.8) is 0 Å². The Labute approximate surface area is 115 Å². The van der Waals surface area contributed by atoms with Crippen molar-refractivity contribution < 1.29 is 18.3 Å². The van der Waals surface area contributed by atoms with Gasteiger partial charge in [0, 0.05) is 29.8 Å². The van der Waals surface area contributed by atoms with Crippen LogP contribution in [-0.4, -0.2) is 12.9 Å². The van der Waals surface area contributed by atoms with Crippen molar-refractivity contribution in [3.8, 4) is 5.75 Å². The third kappa shape index (κ3) is 2.93. The van der Waals surface area contributed by atoms with Gasteiger partial charge in [0.05, 0.1) is 7.11 Å². The van der Waals surface area contributed by atoms with Gasteiger partial charge >= 0.3 is 0 Å². The number of anilines is 1. The Bertz CT molecular complexity index is 656. The number of Topliss-reactive ketones (excluding diaryl/α,β-unsaturated/α-hetero) is 1. The zero-order valence-corrected chi connectivity index (χ0v) is 10.8. The molecule has 0 aliphatic rings. The molecule has 0 unspecified atom stereocenters. The molecule has 0 aliphatic carbocycles. The lowest BCUT2D eigenvalue weighted by atomic mass is 10.0. The molecule has 0 heterocycles. The van der Waals surface area contributed by atoms with Crippen molar-refractivity contribution in [1.29, 1.82) is 0 Å². The smallest absolute Gasteiger partial charge is 0.169 e. The Morgan fingerprint density at radius 1 is 1.20 bits per heavy atom. The van der Waals surface area contributed by atoms with Crippen LogP contribution < -0.4 is 10.5 Å². The van der Waals surface area contributed by atoms with E-state index in [0.717, 1.165) is 12.1 Å². The number of benzene rings is 2. The fourth-order valence-electron chi connectivity index (χ4n) is 1.85. The summed E-state index contributed by atoms with van der Waals surface area (Å²) in [4.78, 5) is 12.1. The second-order valence-corrected chi connectivity index (χ2v) is 4.29. The molecular formula is C15H13F2NO2. The highest BCUT2D eigenvalue weighted by atomic mass is 19.1. The summed E-state index contributed by atoms with van der Waals surface area (Å²) < 4.78 is 31.3. The summed E-state index contributed by atoms with van der Waals surface area (Å²) in [7, 11) is 1.49. The van der Waals surface area contributed by atoms with Crippen LogP contribution in [0.4, 0.5) is 14.5 Å². The van der Waals surface area contributed by atoms with E-state index in [-0.39, 0.29) is 29.0 Å². The Balaban J connectivity index is 2.24. The van der Waals surface area contributed by atoms with Crippen molar-refractivity contribution in [1.82, 2.24) is 0 Å². The van der Waals surface area contributed by atoms with Crippen molar-refractivity contribution in [2.45, 2.75) is 6.42 Å². The van der Waals surface area contributed by atoms with E-state index in [0.29, 0.717) is 5.75 Å². The van der Waals surface area contributed by atoms with Gasteiger partial charge in [-0.15, -0.1) is 0 Å². The molecule has 0 saturated heterocycles. The normalized spacial score (nSPS) is 10.3. The van der Waals surface area contributed by atoms with E-state index < -0.39 is 11.6 Å². The molecule has 104 valence electrons. The minimum Gasteiger partial charge on any atom is -0.497 e. The molecular weight excluding hydrogens is 264 g/mol. The summed E-state index contributed by atoms with van der Waals surface area (Å²) in [6.07, 6.45) is -0.178. The number of halogens is 2. The second-order valence-electron chi connectivity index (χ2n) is 4.29. The number of ether oxygens (including phenoxy) is 1. The van der Waals surface area contributed by atoms with Crippen LogP contribution in [0.2, 0.25) is 0 Å². The minimum atomic E-state index is -0.745. The van der Waals surface area contributed by atoms with E-state index >= 15 is 0 Å². The van der Waals surface area contributed by atoms with Gasteiger partial charge in [-0.05, 0) is 23.8 Å². The number of carbonyl (C=O) groups excluding carboxylic acids is 1. The van der Waals surface area contributed by atoms with Crippen LogP contribution >= 0.6 is 0 Å². The van der Waals surface area contributed by atoms with Crippen LogP contribution in [0, 0.1) is 11.6 Å². The van der Waals surface area contributed by atoms with Gasteiger partial charge in [-0.1, -0.05) is 6.07 Å². The fourth-order valence-corrected chi connectivity index (χ4v) is 1.85. The SMILES string of the molecule is COc1ccc(C(=O)Cc2ccc(F)cc2F)c(N)c1. The number of rotatable bonds is 4. The van der Waals surface area contributed by atoms with Crippen LogP contribution in [0.1, 0.15) is 15.9 Å². The van der Waals surface area contributed by atoms with Gasteiger partial charge in [0.1, 0.15) is 17.4 Å². The first-order chi connectivity index (χ1) is 9.51. The van der Waals surface area contributed by atoms with E-state index in [9.17, 15) is 13.6 Å². The number of ketones is 1. The van der Waals surface area contributed by atoms with Gasteiger partial charge in [-0.2, -0.15) is 0 Å². The summed E-state index contributed by atoms with van der Waals surface area (Å²) in [5.74, 6) is -1.23. The lowest BCUT2D eigenvalue weighted by Crippen LogP contribution is -2.08. The molecule has 0 amide bonds. The number of hydrogen-bond donors (Lipinski definition) is 1. The molecule has 2 N–H and O–H groups in total. The van der Waals surface area contributed by atoms with Gasteiger partial charge in [-0.3, -0.25) is 4.79 Å². The standard InChI is InChI=1S/C15H13F2NO2/c1-20-11-4-5-12(14(18)8-11)15(19)6-9-2-3-10(16)7-13(9)17/h2-5,7-8H,6,18H2,1H3. The second kappa shape index (κ2) is 5.69. The summed E-state index contributed by atoms with van der Waals surface area (Å²) in [6, 6.07) is 7.77. The molecule has 20 heavy (non-hydrogen) atoms. The maximum absolute atomic E-state index is 13.5. The van der Waals surface area contributed by atoms with Crippen LogP contribution in [0.3, 0.4) is 0 Å². The molecule has 0 spiro atoms. The summed E-state index contributed by atoms with van der Waals surface area (Å²) in [5, 5.41) is 0. The summed E-state index contributed by atoms with van der Waals surface area (Å²) >= 11 is 0. The Morgan fingerprint density at radius 2 is 1.95 bits per heavy atom. The fraction of sp³-hybridized carbons (Fsp3) is 0.133. The first-order valence-corrected chi connectivity index (χ1v) is 5.92. The van der Waals surface area contributed by atoms with E-state index in [1.54, 1.807) is 6.07 Å². The lowest BCUT2D eigenvalue weighted by molar-refractivity contribution is 0.0992. The molecule has 0 atom stereocenters. The number of methoxy groups -OCH3 is 1. The third-order valence-electron chi connectivity index (χ3n) is 2.93. The van der Waals surface area contributed by atoms with E-state index in [2.05, 4.69) is 0 Å². The zero-order valence-electron chi connectivity index (χ0n) is 10.8. The predicted octanol–water partition coefficient (Wildman–Crippen LogP) is 2.98. The molecule has 0 fully saturated rings. The Morgan fingerprint density at radius 3 is 2.55 bits per heavy atom. The van der Waals surface area contributed by atoms with Crippen molar-refractivity contribution in [2.75, 3.05) is 12.8 Å². The van der Waals surface area contributed by atoms with E-state index in [1.807, 2.05) is 0 Å². The Hall–Kier alpha value is -2.43. The third-order valence-corrected chi connectivity index (χ3v) is 2.93. The van der Waals surface area contributed by atoms with E-state index in [4.69, 9.17) is 10.5 Å². The molecule has 2 rings (SSSR count). The Kier molecular flexibility index (Phi) is 3.98. The lowest BCUT2D eigenvalue weighted by Gasteiger charge is -2.08. The molecule has 0 bridgehead atoms. The van der Waals surface area contributed by atoms with Crippen LogP contribution in [0.15, 0.2) is 36.4 Å². The minimum absolute atomic E-state index is 0.131. The van der Waals surface area contributed by atoms with Crippen LogP contribution in [0.5, 0.6) is 5.75 Å². The number of nitrogen functional groups attached to an aromatic ring is 1. The van der Waals surface area contributed by atoms with E-state index in [1.165, 1.54) is 25.3 Å². The predicted molar refractivity (Wildman–Crippen MR) is 71.8 cm³/mol. The molecule has 0 aliphatic heterocycles. The molecule has 2 aromatic carbocycles.